The largest absolute Gasteiger partial charge is 0.462 e. The Hall–Kier alpha value is -2.14. The average molecular weight is 330 g/mol. The fourth-order valence-electron chi connectivity index (χ4n) is 2.13. The second-order valence-corrected chi connectivity index (χ2v) is 6.42. The molecular weight excluding hydrogens is 308 g/mol. The molecule has 0 bridgehead atoms. The van der Waals surface area contributed by atoms with Crippen molar-refractivity contribution in [2.75, 3.05) is 20.7 Å². The van der Waals surface area contributed by atoms with Crippen LogP contribution in [0.5, 0.6) is 0 Å². The van der Waals surface area contributed by atoms with E-state index in [2.05, 4.69) is 31.0 Å². The van der Waals surface area contributed by atoms with Gasteiger partial charge in [0.1, 0.15) is 10.6 Å². The summed E-state index contributed by atoms with van der Waals surface area (Å²) >= 11 is 1.45. The number of aryl methyl sites for hydroxylation is 2. The fraction of sp³-hybridized carbons (Fsp3) is 0.333. The van der Waals surface area contributed by atoms with Gasteiger partial charge in [-0.3, -0.25) is 0 Å². The van der Waals surface area contributed by atoms with E-state index in [0.717, 1.165) is 11.1 Å². The van der Waals surface area contributed by atoms with Crippen LogP contribution in [0.15, 0.2) is 28.6 Å². The third kappa shape index (κ3) is 3.99. The van der Waals surface area contributed by atoms with Crippen molar-refractivity contribution in [3.05, 3.63) is 40.3 Å². The Labute approximate surface area is 141 Å². The van der Waals surface area contributed by atoms with Crippen LogP contribution in [0.4, 0.5) is 5.00 Å². The molecule has 0 aliphatic rings. The Kier molecular flexibility index (Phi) is 5.55. The molecule has 122 valence electrons. The summed E-state index contributed by atoms with van der Waals surface area (Å²) in [6, 6.07) is 6.20. The zero-order chi connectivity index (χ0) is 17.0. The van der Waals surface area contributed by atoms with Crippen LogP contribution in [0.1, 0.15) is 28.4 Å². The molecule has 23 heavy (non-hydrogen) atoms. The van der Waals surface area contributed by atoms with Crippen LogP contribution in [0.2, 0.25) is 0 Å². The summed E-state index contributed by atoms with van der Waals surface area (Å²) in [6.45, 7) is 6.30. The van der Waals surface area contributed by atoms with Crippen LogP contribution in [-0.2, 0) is 4.74 Å². The third-order valence-corrected chi connectivity index (χ3v) is 4.36. The van der Waals surface area contributed by atoms with E-state index in [1.54, 1.807) is 6.34 Å². The second kappa shape index (κ2) is 7.42. The van der Waals surface area contributed by atoms with Gasteiger partial charge in [-0.05, 0) is 37.5 Å². The van der Waals surface area contributed by atoms with Crippen molar-refractivity contribution in [1.29, 1.82) is 0 Å². The van der Waals surface area contributed by atoms with Crippen LogP contribution in [0, 0.1) is 13.8 Å². The van der Waals surface area contributed by atoms with E-state index in [-0.39, 0.29) is 5.97 Å². The molecule has 0 amide bonds. The molecule has 1 aromatic heterocycles. The summed E-state index contributed by atoms with van der Waals surface area (Å²) in [4.78, 5) is 18.7. The van der Waals surface area contributed by atoms with Gasteiger partial charge in [0.15, 0.2) is 0 Å². The van der Waals surface area contributed by atoms with E-state index >= 15 is 0 Å². The van der Waals surface area contributed by atoms with E-state index in [4.69, 9.17) is 4.74 Å². The van der Waals surface area contributed by atoms with Crippen molar-refractivity contribution in [2.24, 2.45) is 4.99 Å². The molecular formula is C18H22N2O2S. The number of ether oxygens (including phenoxy) is 1. The molecule has 0 saturated heterocycles. The minimum absolute atomic E-state index is 0.326. The van der Waals surface area contributed by atoms with Crippen molar-refractivity contribution in [2.45, 2.75) is 20.8 Å². The molecule has 0 radical (unpaired) electrons. The average Bonchev–Trinajstić information content (AvgIpc) is 2.92. The summed E-state index contributed by atoms with van der Waals surface area (Å²) in [7, 11) is 3.79. The van der Waals surface area contributed by atoms with E-state index in [0.29, 0.717) is 17.2 Å². The molecule has 2 aromatic rings. The van der Waals surface area contributed by atoms with Gasteiger partial charge >= 0.3 is 5.97 Å². The van der Waals surface area contributed by atoms with Crippen molar-refractivity contribution < 1.29 is 9.53 Å². The number of benzene rings is 1. The summed E-state index contributed by atoms with van der Waals surface area (Å²) in [5.74, 6) is -0.326. The predicted octanol–water partition coefficient (Wildman–Crippen LogP) is 4.43. The Bertz CT molecular complexity index is 733. The Morgan fingerprint density at radius 3 is 2.65 bits per heavy atom. The first kappa shape index (κ1) is 17.2. The third-order valence-electron chi connectivity index (χ3n) is 3.48. The van der Waals surface area contributed by atoms with Crippen LogP contribution < -0.4 is 0 Å². The molecule has 0 fully saturated rings. The second-order valence-electron chi connectivity index (χ2n) is 5.56. The number of carbonyl (C=O) groups excluding carboxylic acids is 1. The summed E-state index contributed by atoms with van der Waals surface area (Å²) in [5.41, 5.74) is 4.86. The van der Waals surface area contributed by atoms with Gasteiger partial charge in [-0.25, -0.2) is 9.79 Å². The quantitative estimate of drug-likeness (QED) is 0.463. The minimum atomic E-state index is -0.326. The molecule has 2 rings (SSSR count). The summed E-state index contributed by atoms with van der Waals surface area (Å²) in [6.07, 6.45) is 1.69. The highest BCUT2D eigenvalue weighted by Crippen LogP contribution is 2.38. The van der Waals surface area contributed by atoms with Crippen molar-refractivity contribution in [3.63, 3.8) is 0 Å². The van der Waals surface area contributed by atoms with Gasteiger partial charge in [0.25, 0.3) is 0 Å². The lowest BCUT2D eigenvalue weighted by molar-refractivity contribution is 0.0529. The highest BCUT2D eigenvalue weighted by atomic mass is 32.1. The van der Waals surface area contributed by atoms with Gasteiger partial charge in [-0.1, -0.05) is 18.2 Å². The van der Waals surface area contributed by atoms with Crippen LogP contribution in [0.25, 0.3) is 11.1 Å². The molecule has 0 N–H and O–H groups in total. The Morgan fingerprint density at radius 1 is 1.30 bits per heavy atom. The first-order valence-corrected chi connectivity index (χ1v) is 8.38. The maximum Gasteiger partial charge on any atom is 0.341 e. The lowest BCUT2D eigenvalue weighted by atomic mass is 9.99. The van der Waals surface area contributed by atoms with Gasteiger partial charge in [0.2, 0.25) is 0 Å². The molecule has 5 heteroatoms. The zero-order valence-electron chi connectivity index (χ0n) is 14.2. The van der Waals surface area contributed by atoms with Gasteiger partial charge in [-0.15, -0.1) is 11.3 Å². The molecule has 0 saturated carbocycles. The maximum atomic E-state index is 12.4. The molecule has 1 aromatic carbocycles. The molecule has 0 unspecified atom stereocenters. The first-order chi connectivity index (χ1) is 10.9. The molecule has 1 heterocycles. The van der Waals surface area contributed by atoms with Crippen LogP contribution in [-0.4, -0.2) is 37.9 Å². The van der Waals surface area contributed by atoms with E-state index in [9.17, 15) is 4.79 Å². The van der Waals surface area contributed by atoms with Gasteiger partial charge in [0, 0.05) is 25.0 Å². The summed E-state index contributed by atoms with van der Waals surface area (Å²) in [5, 5.41) is 2.64. The van der Waals surface area contributed by atoms with Crippen molar-refractivity contribution in [1.82, 2.24) is 4.90 Å². The number of hydrogen-bond acceptors (Lipinski definition) is 4. The number of hydrogen-bond donors (Lipinski definition) is 0. The Balaban J connectivity index is 2.54. The van der Waals surface area contributed by atoms with Crippen LogP contribution >= 0.6 is 11.3 Å². The zero-order valence-corrected chi connectivity index (χ0v) is 15.0. The number of aliphatic imine (C=N–C) groups is 1. The highest BCUT2D eigenvalue weighted by molar-refractivity contribution is 7.14. The number of esters is 1. The maximum absolute atomic E-state index is 12.4. The van der Waals surface area contributed by atoms with E-state index in [1.165, 1.54) is 22.5 Å². The monoisotopic (exact) mass is 330 g/mol. The molecule has 0 aliphatic heterocycles. The molecule has 4 nitrogen and oxygen atoms in total. The molecule has 0 spiro atoms. The lowest BCUT2D eigenvalue weighted by Gasteiger charge is -2.08. The van der Waals surface area contributed by atoms with E-state index < -0.39 is 0 Å². The standard InChI is InChI=1S/C18H22N2O2S/c1-6-22-18(21)16-15(10-23-17(16)19-11-20(4)5)14-8-7-12(2)13(3)9-14/h7-11H,6H2,1-5H3/b19-11+. The number of nitrogens with zero attached hydrogens (tertiary/aromatic N) is 2. The van der Waals surface area contributed by atoms with Gasteiger partial charge < -0.3 is 9.64 Å². The number of rotatable bonds is 5. The van der Waals surface area contributed by atoms with Crippen molar-refractivity contribution in [3.8, 4) is 11.1 Å². The van der Waals surface area contributed by atoms with Gasteiger partial charge in [-0.2, -0.15) is 0 Å². The van der Waals surface area contributed by atoms with Crippen molar-refractivity contribution >= 4 is 28.6 Å². The normalized spacial score (nSPS) is 11.0. The Morgan fingerprint density at radius 2 is 2.04 bits per heavy atom. The molecule has 0 aliphatic carbocycles. The lowest BCUT2D eigenvalue weighted by Crippen LogP contribution is -2.08. The first-order valence-electron chi connectivity index (χ1n) is 7.50. The molecule has 0 atom stereocenters. The summed E-state index contributed by atoms with van der Waals surface area (Å²) < 4.78 is 5.23. The highest BCUT2D eigenvalue weighted by Gasteiger charge is 2.21. The van der Waals surface area contributed by atoms with E-state index in [1.807, 2.05) is 37.4 Å². The smallest absolute Gasteiger partial charge is 0.341 e. The number of thiophene rings is 1. The van der Waals surface area contributed by atoms with Gasteiger partial charge in [0.05, 0.1) is 12.9 Å². The predicted molar refractivity (Wildman–Crippen MR) is 97.0 cm³/mol. The SMILES string of the molecule is CCOC(=O)c1c(-c2ccc(C)c(C)c2)csc1/N=C/N(C)C. The van der Waals surface area contributed by atoms with Crippen LogP contribution in [0.3, 0.4) is 0 Å². The minimum Gasteiger partial charge on any atom is -0.462 e. The number of carbonyl (C=O) groups is 1. The fourth-order valence-corrected chi connectivity index (χ4v) is 3.04. The topological polar surface area (TPSA) is 41.9 Å².